The van der Waals surface area contributed by atoms with Gasteiger partial charge < -0.3 is 15.2 Å². The fourth-order valence-corrected chi connectivity index (χ4v) is 1.18. The van der Waals surface area contributed by atoms with Crippen LogP contribution in [0, 0.1) is 0 Å². The highest BCUT2D eigenvalue weighted by molar-refractivity contribution is 6.20. The molecule has 0 aliphatic heterocycles. The molecule has 21 heavy (non-hydrogen) atoms. The van der Waals surface area contributed by atoms with E-state index in [0.29, 0.717) is 6.08 Å². The maximum atomic E-state index is 12.9. The Kier molecular flexibility index (Phi) is 5.60. The molecule has 0 bridgehead atoms. The Balaban J connectivity index is 2.66. The lowest BCUT2D eigenvalue weighted by Gasteiger charge is -2.17. The van der Waals surface area contributed by atoms with E-state index in [1.165, 1.54) is 12.1 Å². The van der Waals surface area contributed by atoms with Gasteiger partial charge in [-0.3, -0.25) is 4.79 Å². The number of alkyl halides is 4. The molecule has 0 spiro atoms. The molecule has 0 unspecified atom stereocenters. The second kappa shape index (κ2) is 6.98. The van der Waals surface area contributed by atoms with E-state index in [9.17, 15) is 22.8 Å². The Morgan fingerprint density at radius 2 is 1.86 bits per heavy atom. The number of halogens is 4. The third-order valence-electron chi connectivity index (χ3n) is 2.01. The minimum Gasteiger partial charge on any atom is -0.478 e. The molecule has 0 aliphatic carbocycles. The number of carbonyl (C=O) groups excluding carboxylic acids is 1. The topological polar surface area (TPSA) is 75.6 Å². The van der Waals surface area contributed by atoms with E-state index in [1.807, 2.05) is 0 Å². The van der Waals surface area contributed by atoms with E-state index < -0.39 is 23.6 Å². The van der Waals surface area contributed by atoms with Crippen molar-refractivity contribution in [3.63, 3.8) is 0 Å². The number of nitrogens with one attached hydrogen (secondary N) is 1. The Hall–Kier alpha value is -2.22. The van der Waals surface area contributed by atoms with Crippen molar-refractivity contribution in [2.24, 2.45) is 0 Å². The van der Waals surface area contributed by atoms with Crippen molar-refractivity contribution < 1.29 is 32.6 Å². The summed E-state index contributed by atoms with van der Waals surface area (Å²) in [4.78, 5) is 21.4. The lowest BCUT2D eigenvalue weighted by atomic mass is 10.3. The highest BCUT2D eigenvalue weighted by atomic mass is 35.5. The number of carbonyl (C=O) groups is 2. The molecule has 9 heteroatoms. The first-order valence-electron chi connectivity index (χ1n) is 5.38. The van der Waals surface area contributed by atoms with Gasteiger partial charge >= 0.3 is 12.1 Å². The molecule has 5 nitrogen and oxygen atoms in total. The average molecular weight is 324 g/mol. The number of carboxylic acids is 1. The average Bonchev–Trinajstić information content (AvgIpc) is 2.38. The van der Waals surface area contributed by atoms with Crippen molar-refractivity contribution >= 4 is 29.2 Å². The summed E-state index contributed by atoms with van der Waals surface area (Å²) in [5, 5.41) is 10.6. The van der Waals surface area contributed by atoms with Gasteiger partial charge in [0.1, 0.15) is 5.75 Å². The van der Waals surface area contributed by atoms with Crippen molar-refractivity contribution in [3.8, 4) is 5.75 Å². The van der Waals surface area contributed by atoms with Crippen LogP contribution in [0.15, 0.2) is 36.4 Å². The first-order chi connectivity index (χ1) is 9.70. The largest absolute Gasteiger partial charge is 0.478 e. The quantitative estimate of drug-likeness (QED) is 0.623. The van der Waals surface area contributed by atoms with E-state index in [0.717, 1.165) is 18.2 Å². The number of ether oxygens (including phenoxy) is 1. The molecule has 1 rings (SSSR count). The smallest absolute Gasteiger partial charge is 0.444 e. The Morgan fingerprint density at radius 3 is 2.33 bits per heavy atom. The molecule has 0 aromatic heterocycles. The minimum atomic E-state index is -4.18. The second-order valence-electron chi connectivity index (χ2n) is 3.65. The van der Waals surface area contributed by atoms with Crippen LogP contribution in [0.2, 0.25) is 0 Å². The highest BCUT2D eigenvalue weighted by Gasteiger charge is 2.42. The summed E-state index contributed by atoms with van der Waals surface area (Å²) in [5.74, 6) is -2.37. The van der Waals surface area contributed by atoms with E-state index in [-0.39, 0.29) is 11.4 Å². The van der Waals surface area contributed by atoms with Crippen molar-refractivity contribution in [2.75, 3.05) is 5.32 Å². The number of anilines is 1. The van der Waals surface area contributed by atoms with Gasteiger partial charge in [-0.1, -0.05) is 11.6 Å². The van der Waals surface area contributed by atoms with Crippen LogP contribution in [0.3, 0.4) is 0 Å². The van der Waals surface area contributed by atoms with Gasteiger partial charge in [-0.15, -0.1) is 0 Å². The molecule has 0 saturated heterocycles. The molecule has 1 amide bonds. The van der Waals surface area contributed by atoms with Crippen molar-refractivity contribution in [3.05, 3.63) is 36.4 Å². The summed E-state index contributed by atoms with van der Waals surface area (Å²) in [6.45, 7) is 0. The first kappa shape index (κ1) is 16.8. The number of rotatable bonds is 6. The summed E-state index contributed by atoms with van der Waals surface area (Å²) in [5.41, 5.74) is -2.80. The van der Waals surface area contributed by atoms with Crippen molar-refractivity contribution in [2.45, 2.75) is 11.7 Å². The number of benzene rings is 1. The highest BCUT2D eigenvalue weighted by Crippen LogP contribution is 2.29. The predicted molar refractivity (Wildman–Crippen MR) is 68.2 cm³/mol. The molecule has 114 valence electrons. The van der Waals surface area contributed by atoms with Crippen molar-refractivity contribution in [1.82, 2.24) is 0 Å². The Morgan fingerprint density at radius 1 is 1.29 bits per heavy atom. The van der Waals surface area contributed by atoms with E-state index >= 15 is 0 Å². The molecule has 1 atom stereocenters. The summed E-state index contributed by atoms with van der Waals surface area (Å²) >= 11 is 4.63. The van der Waals surface area contributed by atoms with Gasteiger partial charge in [-0.25, -0.2) is 9.18 Å². The molecule has 0 saturated carbocycles. The molecule has 0 fully saturated rings. The lowest BCUT2D eigenvalue weighted by Crippen LogP contribution is -2.32. The number of aliphatic carboxylic acids is 1. The van der Waals surface area contributed by atoms with Crippen LogP contribution >= 0.6 is 11.6 Å². The van der Waals surface area contributed by atoms with Gasteiger partial charge in [0, 0.05) is 17.8 Å². The molecular weight excluding hydrogens is 315 g/mol. The standard InChI is InChI=1S/C12H9ClF3NO4/c13-11(14)12(15,16)21-8-3-1-7(2-4-8)17-9(18)5-6-10(19)20/h1-6,11H,(H,17,18)(H,19,20)/b6-5-/t11-/m0/s1. The lowest BCUT2D eigenvalue weighted by molar-refractivity contribution is -0.199. The van der Waals surface area contributed by atoms with Crippen LogP contribution in [0.25, 0.3) is 0 Å². The van der Waals surface area contributed by atoms with Crippen LogP contribution in [0.4, 0.5) is 18.9 Å². The van der Waals surface area contributed by atoms with Gasteiger partial charge in [-0.05, 0) is 24.3 Å². The molecular formula is C12H9ClF3NO4. The first-order valence-corrected chi connectivity index (χ1v) is 5.81. The molecule has 0 radical (unpaired) electrons. The van der Waals surface area contributed by atoms with Crippen LogP contribution in [-0.2, 0) is 9.59 Å². The van der Waals surface area contributed by atoms with E-state index in [1.54, 1.807) is 0 Å². The van der Waals surface area contributed by atoms with Crippen LogP contribution in [-0.4, -0.2) is 28.7 Å². The third-order valence-corrected chi connectivity index (χ3v) is 2.26. The van der Waals surface area contributed by atoms with Gasteiger partial charge in [0.15, 0.2) is 0 Å². The Labute approximate surface area is 122 Å². The minimum absolute atomic E-state index is 0.202. The zero-order valence-electron chi connectivity index (χ0n) is 10.2. The van der Waals surface area contributed by atoms with E-state index in [4.69, 9.17) is 5.11 Å². The molecule has 1 aromatic rings. The number of amides is 1. The molecule has 0 aliphatic rings. The predicted octanol–water partition coefficient (Wildman–Crippen LogP) is 2.77. The molecule has 0 heterocycles. The van der Waals surface area contributed by atoms with Crippen molar-refractivity contribution in [1.29, 1.82) is 0 Å². The van der Waals surface area contributed by atoms with Gasteiger partial charge in [0.25, 0.3) is 5.63 Å². The second-order valence-corrected chi connectivity index (χ2v) is 4.03. The zero-order valence-corrected chi connectivity index (χ0v) is 11.0. The fraction of sp³-hybridized carbons (Fsp3) is 0.167. The summed E-state index contributed by atoms with van der Waals surface area (Å²) in [6, 6.07) is 4.53. The molecule has 1 aromatic carbocycles. The van der Waals surface area contributed by atoms with E-state index in [2.05, 4.69) is 21.7 Å². The van der Waals surface area contributed by atoms with Crippen LogP contribution in [0.5, 0.6) is 5.75 Å². The monoisotopic (exact) mass is 323 g/mol. The van der Waals surface area contributed by atoms with Gasteiger partial charge in [0.2, 0.25) is 5.91 Å². The zero-order chi connectivity index (χ0) is 16.0. The van der Waals surface area contributed by atoms with Gasteiger partial charge in [0.05, 0.1) is 0 Å². The summed E-state index contributed by atoms with van der Waals surface area (Å²) < 4.78 is 42.1. The van der Waals surface area contributed by atoms with Crippen LogP contribution in [0.1, 0.15) is 0 Å². The SMILES string of the molecule is O=C(O)/C=C\C(=O)Nc1ccc(OC(F)(F)[C@H](F)Cl)cc1. The normalized spacial score (nSPS) is 13.0. The molecule has 2 N–H and O–H groups in total. The maximum absolute atomic E-state index is 12.9. The number of carboxylic acid groups (broad SMARTS) is 1. The fourth-order valence-electron chi connectivity index (χ4n) is 1.14. The third kappa shape index (κ3) is 5.74. The Bertz CT molecular complexity index is 546. The van der Waals surface area contributed by atoms with Gasteiger partial charge in [-0.2, -0.15) is 8.78 Å². The number of hydrogen-bond acceptors (Lipinski definition) is 3. The number of hydrogen-bond donors (Lipinski definition) is 2. The summed E-state index contributed by atoms with van der Waals surface area (Å²) in [6.07, 6.45) is -2.77. The van der Waals surface area contributed by atoms with Crippen LogP contribution < -0.4 is 10.1 Å². The maximum Gasteiger partial charge on any atom is 0.444 e. The summed E-state index contributed by atoms with van der Waals surface area (Å²) in [7, 11) is 0.